The maximum absolute atomic E-state index is 11.8. The van der Waals surface area contributed by atoms with E-state index in [9.17, 15) is 13.2 Å². The summed E-state index contributed by atoms with van der Waals surface area (Å²) in [6.45, 7) is 0.858. The second kappa shape index (κ2) is 5.83. The highest BCUT2D eigenvalue weighted by Crippen LogP contribution is 2.24. The summed E-state index contributed by atoms with van der Waals surface area (Å²) in [5, 5.41) is 11.2. The lowest BCUT2D eigenvalue weighted by atomic mass is 10.3. The van der Waals surface area contributed by atoms with Crippen molar-refractivity contribution in [2.24, 2.45) is 0 Å². The first-order chi connectivity index (χ1) is 8.39. The molecule has 0 unspecified atom stereocenters. The van der Waals surface area contributed by atoms with E-state index in [1.807, 2.05) is 0 Å². The van der Waals surface area contributed by atoms with Crippen LogP contribution in [-0.2, 0) is 14.6 Å². The van der Waals surface area contributed by atoms with Gasteiger partial charge < -0.3 is 15.2 Å². The van der Waals surface area contributed by atoms with Crippen molar-refractivity contribution in [3.05, 3.63) is 18.2 Å². The number of aliphatic hydroxyl groups is 1. The molecule has 0 spiro atoms. The Kier molecular flexibility index (Phi) is 4.69. The number of benzene rings is 1. The van der Waals surface area contributed by atoms with E-state index in [-0.39, 0.29) is 16.6 Å². The molecule has 100 valence electrons. The van der Waals surface area contributed by atoms with E-state index in [2.05, 4.69) is 5.32 Å². The number of hydrogen-bond donors (Lipinski definition) is 2. The minimum atomic E-state index is -3.58. The first-order valence-corrected chi connectivity index (χ1v) is 6.84. The fourth-order valence-electron chi connectivity index (χ4n) is 1.38. The molecular weight excluding hydrogens is 258 g/mol. The Labute approximate surface area is 106 Å². The van der Waals surface area contributed by atoms with Crippen LogP contribution in [0.25, 0.3) is 0 Å². The summed E-state index contributed by atoms with van der Waals surface area (Å²) in [5.74, 6) is -0.369. The van der Waals surface area contributed by atoms with Gasteiger partial charge in [0.05, 0.1) is 24.4 Å². The number of carbonyl (C=O) groups is 1. The molecule has 0 aliphatic carbocycles. The van der Waals surface area contributed by atoms with Gasteiger partial charge in [0.1, 0.15) is 5.75 Å². The molecule has 0 radical (unpaired) electrons. The number of aliphatic hydroxyl groups excluding tert-OH is 1. The van der Waals surface area contributed by atoms with Gasteiger partial charge in [-0.25, -0.2) is 8.42 Å². The lowest BCUT2D eigenvalue weighted by molar-refractivity contribution is -0.114. The number of carbonyl (C=O) groups excluding carboxylic acids is 1. The van der Waals surface area contributed by atoms with Gasteiger partial charge in [-0.05, 0) is 12.1 Å². The van der Waals surface area contributed by atoms with Gasteiger partial charge in [-0.3, -0.25) is 4.79 Å². The van der Waals surface area contributed by atoms with E-state index in [0.29, 0.717) is 11.4 Å². The summed E-state index contributed by atoms with van der Waals surface area (Å²) in [7, 11) is -2.18. The number of sulfone groups is 1. The predicted octanol–water partition coefficient (Wildman–Crippen LogP) is 0.420. The summed E-state index contributed by atoms with van der Waals surface area (Å²) in [6.07, 6.45) is 0. The van der Waals surface area contributed by atoms with Crippen molar-refractivity contribution in [2.75, 3.05) is 24.8 Å². The average molecular weight is 273 g/mol. The summed E-state index contributed by atoms with van der Waals surface area (Å²) < 4.78 is 28.6. The highest BCUT2D eigenvalue weighted by atomic mass is 32.2. The molecule has 1 amide bonds. The van der Waals surface area contributed by atoms with E-state index < -0.39 is 16.4 Å². The Bertz CT molecular complexity index is 538. The molecule has 0 aromatic heterocycles. The topological polar surface area (TPSA) is 92.7 Å². The van der Waals surface area contributed by atoms with Crippen LogP contribution in [0.4, 0.5) is 5.69 Å². The van der Waals surface area contributed by atoms with E-state index in [1.54, 1.807) is 0 Å². The highest BCUT2D eigenvalue weighted by molar-refractivity contribution is 7.91. The molecule has 0 aliphatic rings. The normalized spacial score (nSPS) is 11.1. The molecule has 0 saturated heterocycles. The van der Waals surface area contributed by atoms with Gasteiger partial charge in [0.25, 0.3) is 0 Å². The first kappa shape index (κ1) is 14.5. The molecule has 1 aromatic rings. The minimum Gasteiger partial charge on any atom is -0.497 e. The SMILES string of the molecule is COc1cc(NC(C)=O)cc(S(=O)(=O)CCO)c1. The van der Waals surface area contributed by atoms with Crippen molar-refractivity contribution in [2.45, 2.75) is 11.8 Å². The third-order valence-electron chi connectivity index (χ3n) is 2.16. The maximum Gasteiger partial charge on any atom is 0.221 e. The molecule has 2 N–H and O–H groups in total. The van der Waals surface area contributed by atoms with Crippen LogP contribution in [0.1, 0.15) is 6.92 Å². The van der Waals surface area contributed by atoms with Gasteiger partial charge in [0, 0.05) is 18.7 Å². The van der Waals surface area contributed by atoms with Gasteiger partial charge in [-0.2, -0.15) is 0 Å². The molecule has 1 rings (SSSR count). The Morgan fingerprint density at radius 3 is 2.56 bits per heavy atom. The van der Waals surface area contributed by atoms with Crippen molar-refractivity contribution in [3.8, 4) is 5.75 Å². The second-order valence-electron chi connectivity index (χ2n) is 3.62. The highest BCUT2D eigenvalue weighted by Gasteiger charge is 2.16. The van der Waals surface area contributed by atoms with Crippen LogP contribution in [0.15, 0.2) is 23.1 Å². The summed E-state index contributed by atoms with van der Waals surface area (Å²) >= 11 is 0. The third-order valence-corrected chi connectivity index (χ3v) is 3.83. The van der Waals surface area contributed by atoms with E-state index >= 15 is 0 Å². The molecule has 0 aliphatic heterocycles. The summed E-state index contributed by atoms with van der Waals surface area (Å²) in [5.41, 5.74) is 0.332. The lowest BCUT2D eigenvalue weighted by Crippen LogP contribution is -2.12. The minimum absolute atomic E-state index is 0.000324. The van der Waals surface area contributed by atoms with Crippen LogP contribution in [-0.4, -0.2) is 38.9 Å². The molecule has 0 fully saturated rings. The Hall–Kier alpha value is -1.60. The monoisotopic (exact) mass is 273 g/mol. The molecule has 18 heavy (non-hydrogen) atoms. The lowest BCUT2D eigenvalue weighted by Gasteiger charge is -2.09. The smallest absolute Gasteiger partial charge is 0.221 e. The zero-order valence-corrected chi connectivity index (χ0v) is 11.0. The molecule has 6 nitrogen and oxygen atoms in total. The van der Waals surface area contributed by atoms with Crippen molar-refractivity contribution in [3.63, 3.8) is 0 Å². The molecule has 0 atom stereocenters. The number of rotatable bonds is 5. The number of ether oxygens (including phenoxy) is 1. The van der Waals surface area contributed by atoms with Crippen LogP contribution < -0.4 is 10.1 Å². The average Bonchev–Trinajstić information content (AvgIpc) is 2.27. The van der Waals surface area contributed by atoms with Crippen LogP contribution in [0, 0.1) is 0 Å². The Balaban J connectivity index is 3.23. The van der Waals surface area contributed by atoms with Gasteiger partial charge in [-0.15, -0.1) is 0 Å². The van der Waals surface area contributed by atoms with E-state index in [1.165, 1.54) is 32.2 Å². The predicted molar refractivity (Wildman–Crippen MR) is 66.4 cm³/mol. The van der Waals surface area contributed by atoms with Crippen LogP contribution in [0.5, 0.6) is 5.75 Å². The van der Waals surface area contributed by atoms with Crippen molar-refractivity contribution in [1.82, 2.24) is 0 Å². The zero-order chi connectivity index (χ0) is 13.8. The largest absolute Gasteiger partial charge is 0.497 e. The van der Waals surface area contributed by atoms with Gasteiger partial charge in [-0.1, -0.05) is 0 Å². The Morgan fingerprint density at radius 1 is 1.39 bits per heavy atom. The Morgan fingerprint density at radius 2 is 2.06 bits per heavy atom. The fourth-order valence-corrected chi connectivity index (χ4v) is 2.46. The summed E-state index contributed by atoms with van der Waals surface area (Å²) in [4.78, 5) is 11.0. The van der Waals surface area contributed by atoms with Gasteiger partial charge in [0.2, 0.25) is 5.91 Å². The number of hydrogen-bond acceptors (Lipinski definition) is 5. The molecule has 1 aromatic carbocycles. The van der Waals surface area contributed by atoms with E-state index in [0.717, 1.165) is 0 Å². The number of anilines is 1. The van der Waals surface area contributed by atoms with Crippen LogP contribution in [0.3, 0.4) is 0 Å². The molecule has 0 saturated carbocycles. The van der Waals surface area contributed by atoms with Crippen molar-refractivity contribution >= 4 is 21.4 Å². The van der Waals surface area contributed by atoms with Crippen molar-refractivity contribution < 1.29 is 23.1 Å². The second-order valence-corrected chi connectivity index (χ2v) is 5.73. The molecular formula is C11H15NO5S. The van der Waals surface area contributed by atoms with E-state index in [4.69, 9.17) is 9.84 Å². The van der Waals surface area contributed by atoms with Gasteiger partial charge >= 0.3 is 0 Å². The number of methoxy groups -OCH3 is 1. The quantitative estimate of drug-likeness (QED) is 0.811. The third kappa shape index (κ3) is 3.71. The molecule has 7 heteroatoms. The number of nitrogens with one attached hydrogen (secondary N) is 1. The van der Waals surface area contributed by atoms with Crippen molar-refractivity contribution in [1.29, 1.82) is 0 Å². The fraction of sp³-hybridized carbons (Fsp3) is 0.364. The van der Waals surface area contributed by atoms with Crippen LogP contribution in [0.2, 0.25) is 0 Å². The first-order valence-electron chi connectivity index (χ1n) is 5.19. The van der Waals surface area contributed by atoms with Gasteiger partial charge in [0.15, 0.2) is 9.84 Å². The van der Waals surface area contributed by atoms with Crippen LogP contribution >= 0.6 is 0 Å². The molecule has 0 bridgehead atoms. The maximum atomic E-state index is 11.8. The summed E-state index contributed by atoms with van der Waals surface area (Å²) in [6, 6.07) is 4.19. The molecule has 0 heterocycles. The zero-order valence-electron chi connectivity index (χ0n) is 10.1. The number of amides is 1. The standard InChI is InChI=1S/C11H15NO5S/c1-8(14)12-9-5-10(17-2)7-11(6-9)18(15,16)4-3-13/h5-7,13H,3-4H2,1-2H3,(H,12,14).